The van der Waals surface area contributed by atoms with Gasteiger partial charge in [0.1, 0.15) is 0 Å². The molecule has 68 valence electrons. The van der Waals surface area contributed by atoms with Gasteiger partial charge < -0.3 is 5.11 Å². The molecule has 0 radical (unpaired) electrons. The van der Waals surface area contributed by atoms with E-state index in [1.54, 1.807) is 0 Å². The third-order valence-corrected chi connectivity index (χ3v) is 3.28. The van der Waals surface area contributed by atoms with E-state index in [4.69, 9.17) is 5.11 Å². The number of halogens is 1. The number of benzene rings is 1. The third kappa shape index (κ3) is 1.45. The molecular formula is C10H9IO2. The van der Waals surface area contributed by atoms with Crippen molar-refractivity contribution in [3.63, 3.8) is 0 Å². The van der Waals surface area contributed by atoms with Gasteiger partial charge in [-0.3, -0.25) is 4.79 Å². The second-order valence-electron chi connectivity index (χ2n) is 3.39. The second-order valence-corrected chi connectivity index (χ2v) is 4.64. The molecule has 1 aromatic rings. The van der Waals surface area contributed by atoms with Crippen LogP contribution in [0, 0.1) is 3.57 Å². The highest BCUT2D eigenvalue weighted by atomic mass is 127. The van der Waals surface area contributed by atoms with Crippen LogP contribution in [0.4, 0.5) is 0 Å². The van der Waals surface area contributed by atoms with Crippen LogP contribution in [0.3, 0.4) is 0 Å². The van der Waals surface area contributed by atoms with Crippen molar-refractivity contribution in [2.45, 2.75) is 18.3 Å². The minimum absolute atomic E-state index is 0.551. The van der Waals surface area contributed by atoms with Crippen molar-refractivity contribution in [1.29, 1.82) is 0 Å². The molecule has 0 unspecified atom stereocenters. The second kappa shape index (κ2) is 2.97. The lowest BCUT2D eigenvalue weighted by Gasteiger charge is -2.09. The molecule has 0 bridgehead atoms. The van der Waals surface area contributed by atoms with E-state index >= 15 is 0 Å². The Hall–Kier alpha value is -0.580. The highest BCUT2D eigenvalue weighted by Crippen LogP contribution is 2.48. The third-order valence-electron chi connectivity index (χ3n) is 2.56. The van der Waals surface area contributed by atoms with Gasteiger partial charge >= 0.3 is 5.97 Å². The van der Waals surface area contributed by atoms with Crippen LogP contribution in [-0.4, -0.2) is 11.1 Å². The molecule has 1 N–H and O–H groups in total. The van der Waals surface area contributed by atoms with E-state index in [2.05, 4.69) is 22.6 Å². The number of hydrogen-bond donors (Lipinski definition) is 1. The molecule has 1 fully saturated rings. The Bertz CT molecular complexity index is 338. The van der Waals surface area contributed by atoms with Crippen LogP contribution in [0.15, 0.2) is 24.3 Å². The first-order chi connectivity index (χ1) is 6.15. The minimum Gasteiger partial charge on any atom is -0.481 e. The van der Waals surface area contributed by atoms with Crippen molar-refractivity contribution in [3.8, 4) is 0 Å². The van der Waals surface area contributed by atoms with Gasteiger partial charge in [0.2, 0.25) is 0 Å². The first kappa shape index (κ1) is 8.99. The summed E-state index contributed by atoms with van der Waals surface area (Å²) < 4.78 is 1.14. The largest absolute Gasteiger partial charge is 0.481 e. The average molecular weight is 288 g/mol. The maximum Gasteiger partial charge on any atom is 0.314 e. The summed E-state index contributed by atoms with van der Waals surface area (Å²) in [6.07, 6.45) is 1.56. The topological polar surface area (TPSA) is 37.3 Å². The van der Waals surface area contributed by atoms with Gasteiger partial charge in [-0.25, -0.2) is 0 Å². The fourth-order valence-electron chi connectivity index (χ4n) is 1.52. The van der Waals surface area contributed by atoms with Crippen LogP contribution in [0.1, 0.15) is 18.4 Å². The van der Waals surface area contributed by atoms with Gasteiger partial charge in [-0.05, 0) is 53.1 Å². The number of carboxylic acid groups (broad SMARTS) is 1. The predicted octanol–water partition coefficient (Wildman–Crippen LogP) is 2.41. The standard InChI is InChI=1S/C10H9IO2/c11-8-3-1-7(2-4-8)10(5-6-10)9(12)13/h1-4H,5-6H2,(H,12,13). The Kier molecular flexibility index (Phi) is 2.06. The quantitative estimate of drug-likeness (QED) is 0.848. The number of hydrogen-bond acceptors (Lipinski definition) is 1. The monoisotopic (exact) mass is 288 g/mol. The molecule has 2 rings (SSSR count). The van der Waals surface area contributed by atoms with Crippen molar-refractivity contribution in [2.75, 3.05) is 0 Å². The van der Waals surface area contributed by atoms with E-state index in [9.17, 15) is 4.79 Å². The molecule has 13 heavy (non-hydrogen) atoms. The van der Waals surface area contributed by atoms with Crippen molar-refractivity contribution in [1.82, 2.24) is 0 Å². The number of carbonyl (C=O) groups is 1. The Labute approximate surface area is 90.1 Å². The van der Waals surface area contributed by atoms with E-state index in [1.807, 2.05) is 24.3 Å². The van der Waals surface area contributed by atoms with Gasteiger partial charge in [-0.15, -0.1) is 0 Å². The molecule has 2 nitrogen and oxygen atoms in total. The smallest absolute Gasteiger partial charge is 0.314 e. The number of carboxylic acids is 1. The molecule has 0 spiro atoms. The first-order valence-corrected chi connectivity index (χ1v) is 5.22. The van der Waals surface area contributed by atoms with Crippen molar-refractivity contribution in [2.24, 2.45) is 0 Å². The van der Waals surface area contributed by atoms with Gasteiger partial charge in [-0.2, -0.15) is 0 Å². The molecule has 1 saturated carbocycles. The normalized spacial score (nSPS) is 18.2. The summed E-state index contributed by atoms with van der Waals surface area (Å²) in [7, 11) is 0. The van der Waals surface area contributed by atoms with E-state index in [-0.39, 0.29) is 0 Å². The average Bonchev–Trinajstić information content (AvgIpc) is 2.86. The maximum atomic E-state index is 11.0. The summed E-state index contributed by atoms with van der Waals surface area (Å²) in [4.78, 5) is 11.0. The minimum atomic E-state index is -0.686. The zero-order chi connectivity index (χ0) is 9.47. The maximum absolute atomic E-state index is 11.0. The number of rotatable bonds is 2. The van der Waals surface area contributed by atoms with Crippen molar-refractivity contribution >= 4 is 28.6 Å². The molecule has 0 saturated heterocycles. The molecule has 1 aromatic carbocycles. The van der Waals surface area contributed by atoms with Gasteiger partial charge in [0.25, 0.3) is 0 Å². The van der Waals surface area contributed by atoms with Gasteiger partial charge in [0.15, 0.2) is 0 Å². The Balaban J connectivity index is 2.36. The molecule has 0 amide bonds. The molecular weight excluding hydrogens is 279 g/mol. The Morgan fingerprint density at radius 3 is 2.23 bits per heavy atom. The Morgan fingerprint density at radius 1 is 1.31 bits per heavy atom. The Morgan fingerprint density at radius 2 is 1.85 bits per heavy atom. The van der Waals surface area contributed by atoms with E-state index in [0.717, 1.165) is 22.0 Å². The highest BCUT2D eigenvalue weighted by Gasteiger charge is 2.51. The van der Waals surface area contributed by atoms with E-state index in [0.29, 0.717) is 0 Å². The zero-order valence-corrected chi connectivity index (χ0v) is 9.11. The number of aliphatic carboxylic acids is 1. The summed E-state index contributed by atoms with van der Waals surface area (Å²) >= 11 is 2.21. The fraction of sp³-hybridized carbons (Fsp3) is 0.300. The molecule has 1 aliphatic carbocycles. The summed E-state index contributed by atoms with van der Waals surface area (Å²) in [6, 6.07) is 7.75. The van der Waals surface area contributed by atoms with Crippen molar-refractivity contribution < 1.29 is 9.90 Å². The van der Waals surface area contributed by atoms with E-state index in [1.165, 1.54) is 0 Å². The molecule has 1 aliphatic rings. The summed E-state index contributed by atoms with van der Waals surface area (Å²) in [5, 5.41) is 9.02. The molecule has 0 heterocycles. The SMILES string of the molecule is O=C(O)C1(c2ccc(I)cc2)CC1. The van der Waals surface area contributed by atoms with Crippen LogP contribution in [0.25, 0.3) is 0 Å². The van der Waals surface area contributed by atoms with Crippen LogP contribution in [0.5, 0.6) is 0 Å². The van der Waals surface area contributed by atoms with Crippen LogP contribution >= 0.6 is 22.6 Å². The molecule has 0 aliphatic heterocycles. The highest BCUT2D eigenvalue weighted by molar-refractivity contribution is 14.1. The van der Waals surface area contributed by atoms with Gasteiger partial charge in [0, 0.05) is 3.57 Å². The summed E-state index contributed by atoms with van der Waals surface area (Å²) in [6.45, 7) is 0. The molecule has 3 heteroatoms. The van der Waals surface area contributed by atoms with E-state index < -0.39 is 11.4 Å². The molecule has 0 atom stereocenters. The van der Waals surface area contributed by atoms with Crippen LogP contribution in [0.2, 0.25) is 0 Å². The predicted molar refractivity (Wildman–Crippen MR) is 57.7 cm³/mol. The lowest BCUT2D eigenvalue weighted by atomic mass is 9.96. The van der Waals surface area contributed by atoms with Crippen LogP contribution < -0.4 is 0 Å². The first-order valence-electron chi connectivity index (χ1n) is 4.15. The fourth-order valence-corrected chi connectivity index (χ4v) is 1.88. The summed E-state index contributed by atoms with van der Waals surface area (Å²) in [5.41, 5.74) is 0.394. The van der Waals surface area contributed by atoms with Crippen LogP contribution in [-0.2, 0) is 10.2 Å². The molecule has 0 aromatic heterocycles. The van der Waals surface area contributed by atoms with Gasteiger partial charge in [-0.1, -0.05) is 12.1 Å². The van der Waals surface area contributed by atoms with Crippen molar-refractivity contribution in [3.05, 3.63) is 33.4 Å². The zero-order valence-electron chi connectivity index (χ0n) is 6.96. The lowest BCUT2D eigenvalue weighted by molar-refractivity contribution is -0.140. The summed E-state index contributed by atoms with van der Waals surface area (Å²) in [5.74, 6) is -0.686. The lowest BCUT2D eigenvalue weighted by Crippen LogP contribution is -2.19. The van der Waals surface area contributed by atoms with Gasteiger partial charge in [0.05, 0.1) is 5.41 Å².